The fraction of sp³-hybridized carbons (Fsp3) is 0.250. The molecule has 0 radical (unpaired) electrons. The van der Waals surface area contributed by atoms with Crippen molar-refractivity contribution in [2.75, 3.05) is 0 Å². The van der Waals surface area contributed by atoms with Gasteiger partial charge in [-0.05, 0) is 55.4 Å². The first kappa shape index (κ1) is 32.9. The molecule has 4 rings (SSSR count). The average molecular weight is 542 g/mol. The Balaban J connectivity index is 0.00000105. The Morgan fingerprint density at radius 2 is 0.487 bits per heavy atom. The topological polar surface area (TPSA) is 0 Å². The molecule has 0 spiro atoms. The third-order valence-electron chi connectivity index (χ3n) is 6.98. The zero-order valence-electron chi connectivity index (χ0n) is 25.6. The maximum atomic E-state index is 9.75. The van der Waals surface area contributed by atoms with E-state index in [0.717, 1.165) is 0 Å². The predicted octanol–water partition coefficient (Wildman–Crippen LogP) is 3.95. The number of halogens is 4. The van der Waals surface area contributed by atoms with Crippen LogP contribution >= 0.6 is 0 Å². The molecule has 7 heteroatoms. The van der Waals surface area contributed by atoms with Gasteiger partial charge in [0.1, 0.15) is 6.15 Å². The molecule has 0 heterocycles. The van der Waals surface area contributed by atoms with E-state index in [1.54, 1.807) is 0 Å². The molecule has 0 N–H and O–H groups in total. The van der Waals surface area contributed by atoms with Gasteiger partial charge in [0.2, 0.25) is 0 Å². The average Bonchev–Trinajstić information content (AvgIpc) is 2.70. The second-order valence-corrected chi connectivity index (χ2v) is 11.0. The number of rotatable bonds is 4. The minimum Gasteiger partial charge on any atom is -1.00 e. The Kier molecular flexibility index (Phi) is 10.9. The third kappa shape index (κ3) is 8.36. The van der Waals surface area contributed by atoms with Gasteiger partial charge < -0.3 is 18.7 Å². The van der Waals surface area contributed by atoms with Crippen molar-refractivity contribution in [1.82, 2.24) is 0 Å². The summed E-state index contributed by atoms with van der Waals surface area (Å²) in [7, 11) is -6.00. The van der Waals surface area contributed by atoms with Crippen LogP contribution in [-0.2, 0) is 0 Å². The van der Waals surface area contributed by atoms with Crippen molar-refractivity contribution in [2.45, 2.75) is 55.4 Å². The van der Waals surface area contributed by atoms with Crippen LogP contribution in [-0.4, -0.2) is 13.4 Å². The summed E-state index contributed by atoms with van der Waals surface area (Å²) in [5, 5.41) is 0. The summed E-state index contributed by atoms with van der Waals surface area (Å²) in [6.45, 7) is 17.8. The fourth-order valence-electron chi connectivity index (χ4n) is 6.19. The van der Waals surface area contributed by atoms with E-state index in [1.165, 1.54) is 66.4 Å². The van der Waals surface area contributed by atoms with Gasteiger partial charge in [-0.15, -0.1) is 0 Å². The van der Waals surface area contributed by atoms with E-state index in [0.29, 0.717) is 0 Å². The summed E-state index contributed by atoms with van der Waals surface area (Å²) in [4.78, 5) is 0. The molecule has 0 saturated heterocycles. The summed E-state index contributed by atoms with van der Waals surface area (Å²) in [6, 6.07) is 28.5. The largest absolute Gasteiger partial charge is 1.00 e. The third-order valence-corrected chi connectivity index (χ3v) is 6.98. The Labute approximate surface area is 255 Å². The fourth-order valence-corrected chi connectivity index (χ4v) is 6.19. The molecule has 0 bridgehead atoms. The van der Waals surface area contributed by atoms with Crippen LogP contribution < -0.4 is 51.4 Å². The molecular formula is C32H37B2F4Na-2. The molecule has 0 aliphatic rings. The van der Waals surface area contributed by atoms with E-state index in [9.17, 15) is 17.3 Å². The molecule has 0 aliphatic heterocycles. The molecule has 0 unspecified atom stereocenters. The van der Waals surface area contributed by atoms with Crippen molar-refractivity contribution in [1.29, 1.82) is 0 Å². The van der Waals surface area contributed by atoms with E-state index < -0.39 is 13.4 Å². The smallest absolute Gasteiger partial charge is 1.00 e. The molecule has 0 aliphatic carbocycles. The molecule has 0 amide bonds. The molecule has 0 fully saturated rings. The first-order valence-corrected chi connectivity index (χ1v) is 13.0. The van der Waals surface area contributed by atoms with Gasteiger partial charge in [-0.2, -0.15) is 21.9 Å². The number of hydrogen-bond donors (Lipinski definition) is 0. The predicted molar refractivity (Wildman–Crippen MR) is 159 cm³/mol. The zero-order valence-corrected chi connectivity index (χ0v) is 26.6. The molecule has 4 aromatic rings. The van der Waals surface area contributed by atoms with Crippen LogP contribution in [0.1, 0.15) is 45.9 Å². The quantitative estimate of drug-likeness (QED) is 0.271. The minimum absolute atomic E-state index is 0. The van der Waals surface area contributed by atoms with Gasteiger partial charge >= 0.3 is 36.8 Å². The summed E-state index contributed by atoms with van der Waals surface area (Å²) in [6.07, 6.45) is -1.37. The van der Waals surface area contributed by atoms with Crippen molar-refractivity contribution in [2.24, 2.45) is 0 Å². The molecular weight excluding hydrogens is 505 g/mol. The monoisotopic (exact) mass is 542 g/mol. The van der Waals surface area contributed by atoms with Crippen LogP contribution in [0.5, 0.6) is 0 Å². The number of benzene rings is 4. The standard InChI is InChI=1S/C32H36B.BF4.Na.H/c1-21-9-22(2)14-29(13-21)33(30-15-23(3)10-24(4)16-30,31-17-25(5)11-26(6)18-31)32-19-27(7)12-28(8)20-32;2-1(3,4)5;;/h9-20H,1-8H3;;;/q2*-1;+1;-1. The molecule has 0 nitrogen and oxygen atoms in total. The minimum atomic E-state index is -6.00. The molecule has 0 atom stereocenters. The maximum Gasteiger partial charge on any atom is 1.00 e. The van der Waals surface area contributed by atoms with Crippen molar-refractivity contribution in [3.63, 3.8) is 0 Å². The van der Waals surface area contributed by atoms with Crippen molar-refractivity contribution in [3.8, 4) is 0 Å². The second-order valence-electron chi connectivity index (χ2n) is 11.0. The first-order valence-electron chi connectivity index (χ1n) is 13.0. The molecule has 4 aromatic carbocycles. The second kappa shape index (κ2) is 12.9. The zero-order chi connectivity index (χ0) is 28.4. The van der Waals surface area contributed by atoms with Gasteiger partial charge in [0.05, 0.1) is 0 Å². The van der Waals surface area contributed by atoms with E-state index in [-0.39, 0.29) is 31.0 Å². The van der Waals surface area contributed by atoms with Crippen LogP contribution in [0.4, 0.5) is 17.3 Å². The Morgan fingerprint density at radius 1 is 0.359 bits per heavy atom. The normalized spacial score (nSPS) is 11.4. The summed E-state index contributed by atoms with van der Waals surface area (Å²) < 4.78 is 39.0. The van der Waals surface area contributed by atoms with Crippen LogP contribution in [0.25, 0.3) is 0 Å². The Hall–Kier alpha value is -2.27. The molecule has 0 aromatic heterocycles. The van der Waals surface area contributed by atoms with Gasteiger partial charge in [0, 0.05) is 0 Å². The van der Waals surface area contributed by atoms with Gasteiger partial charge in [-0.3, -0.25) is 0 Å². The van der Waals surface area contributed by atoms with E-state index in [1.807, 2.05) is 0 Å². The van der Waals surface area contributed by atoms with Crippen LogP contribution in [0.2, 0.25) is 0 Å². The SMILES string of the molecule is Cc1cc(C)cc([B-](c2cc(C)cc(C)c2)(c2cc(C)cc(C)c2)c2cc(C)cc(C)c2)c1.F[B-](F)(F)F.[H-].[Na+]. The summed E-state index contributed by atoms with van der Waals surface area (Å²) in [5.74, 6) is 0. The molecule has 39 heavy (non-hydrogen) atoms. The Bertz CT molecular complexity index is 1170. The number of hydrogen-bond acceptors (Lipinski definition) is 0. The summed E-state index contributed by atoms with van der Waals surface area (Å²) >= 11 is 0. The van der Waals surface area contributed by atoms with E-state index in [4.69, 9.17) is 0 Å². The van der Waals surface area contributed by atoms with Crippen molar-refractivity contribution >= 4 is 35.3 Å². The first-order chi connectivity index (χ1) is 17.6. The van der Waals surface area contributed by atoms with E-state index >= 15 is 0 Å². The van der Waals surface area contributed by atoms with Crippen LogP contribution in [0, 0.1) is 55.4 Å². The van der Waals surface area contributed by atoms with Crippen LogP contribution in [0.15, 0.2) is 72.8 Å². The summed E-state index contributed by atoms with van der Waals surface area (Å²) in [5.41, 5.74) is 16.1. The van der Waals surface area contributed by atoms with Crippen molar-refractivity contribution < 1.29 is 48.2 Å². The Morgan fingerprint density at radius 3 is 0.615 bits per heavy atom. The van der Waals surface area contributed by atoms with Crippen LogP contribution in [0.3, 0.4) is 0 Å². The van der Waals surface area contributed by atoms with Gasteiger partial charge in [-0.25, -0.2) is 0 Å². The molecule has 0 saturated carbocycles. The van der Waals surface area contributed by atoms with Gasteiger partial charge in [0.25, 0.3) is 0 Å². The van der Waals surface area contributed by atoms with Gasteiger partial charge in [0.15, 0.2) is 0 Å². The van der Waals surface area contributed by atoms with Crippen molar-refractivity contribution in [3.05, 3.63) is 117 Å². The maximum absolute atomic E-state index is 9.75. The van der Waals surface area contributed by atoms with Gasteiger partial charge in [-0.1, -0.05) is 117 Å². The van der Waals surface area contributed by atoms with E-state index in [2.05, 4.69) is 128 Å². The number of aryl methyl sites for hydroxylation is 8. The molecule has 202 valence electrons.